The minimum absolute atomic E-state index is 0. The Morgan fingerprint density at radius 1 is 1.13 bits per heavy atom. The molecule has 0 spiro atoms. The molecule has 1 aromatic carbocycles. The van der Waals surface area contributed by atoms with Crippen LogP contribution < -0.4 is 17.7 Å². The van der Waals surface area contributed by atoms with Crippen LogP contribution in [-0.2, 0) is 6.42 Å². The number of nitrogens with two attached hydrogens (primary N) is 1. The zero-order chi connectivity index (χ0) is 10.6. The second-order valence-corrected chi connectivity index (χ2v) is 5.16. The minimum atomic E-state index is 0. The number of rotatable bonds is 4. The second-order valence-electron chi connectivity index (χ2n) is 4.24. The van der Waals surface area contributed by atoms with Gasteiger partial charge in [0.25, 0.3) is 0 Å². The highest BCUT2D eigenvalue weighted by Gasteiger charge is 2.07. The Bertz CT molecular complexity index is 271. The monoisotopic (exact) mass is 291 g/mol. The molecule has 0 fully saturated rings. The summed E-state index contributed by atoms with van der Waals surface area (Å²) in [5, 5.41) is 2.40. The topological polar surface area (TPSA) is 16.6 Å². The first-order chi connectivity index (χ1) is 6.58. The molecule has 0 aliphatic carbocycles. The molecule has 0 radical (unpaired) electrons. The van der Waals surface area contributed by atoms with Crippen LogP contribution in [0.2, 0.25) is 0 Å². The summed E-state index contributed by atoms with van der Waals surface area (Å²) in [5.74, 6) is 0. The first kappa shape index (κ1) is 14.9. The summed E-state index contributed by atoms with van der Waals surface area (Å²) in [6.45, 7) is 6.75. The number of hydrogen-bond acceptors (Lipinski definition) is 0. The Hall–Kier alpha value is -0.0500. The van der Waals surface area contributed by atoms with Crippen LogP contribution in [0.3, 0.4) is 0 Å². The van der Waals surface area contributed by atoms with Crippen molar-refractivity contribution in [3.05, 3.63) is 34.3 Å². The van der Waals surface area contributed by atoms with Crippen molar-refractivity contribution in [2.45, 2.75) is 39.3 Å². The van der Waals surface area contributed by atoms with E-state index in [0.29, 0.717) is 12.1 Å². The SMILES string of the molecule is CC(C)[NH2+]C(C)Cc1ccc(Br)cc1.[Cl-]. The molecule has 1 aromatic rings. The summed E-state index contributed by atoms with van der Waals surface area (Å²) in [6, 6.07) is 9.94. The average Bonchev–Trinajstić information content (AvgIpc) is 2.07. The van der Waals surface area contributed by atoms with E-state index in [-0.39, 0.29) is 12.4 Å². The molecule has 0 aliphatic heterocycles. The molecule has 15 heavy (non-hydrogen) atoms. The van der Waals surface area contributed by atoms with Crippen LogP contribution in [0.5, 0.6) is 0 Å². The van der Waals surface area contributed by atoms with Crippen molar-refractivity contribution >= 4 is 15.9 Å². The van der Waals surface area contributed by atoms with Gasteiger partial charge in [-0.2, -0.15) is 0 Å². The van der Waals surface area contributed by atoms with Crippen molar-refractivity contribution < 1.29 is 17.7 Å². The predicted molar refractivity (Wildman–Crippen MR) is 64.4 cm³/mol. The molecule has 0 saturated heterocycles. The molecular formula is C12H19BrClN. The van der Waals surface area contributed by atoms with Crippen LogP contribution in [0.25, 0.3) is 0 Å². The molecule has 1 rings (SSSR count). The van der Waals surface area contributed by atoms with Gasteiger partial charge in [-0.05, 0) is 38.5 Å². The zero-order valence-corrected chi connectivity index (χ0v) is 11.8. The Balaban J connectivity index is 0.00000196. The molecule has 0 saturated carbocycles. The van der Waals surface area contributed by atoms with Crippen molar-refractivity contribution in [2.24, 2.45) is 0 Å². The van der Waals surface area contributed by atoms with Crippen molar-refractivity contribution in [2.75, 3.05) is 0 Å². The van der Waals surface area contributed by atoms with E-state index in [4.69, 9.17) is 0 Å². The highest BCUT2D eigenvalue weighted by Crippen LogP contribution is 2.11. The van der Waals surface area contributed by atoms with Crippen LogP contribution in [-0.4, -0.2) is 12.1 Å². The summed E-state index contributed by atoms with van der Waals surface area (Å²) in [7, 11) is 0. The Kier molecular flexibility index (Phi) is 7.24. The largest absolute Gasteiger partial charge is 1.00 e. The molecule has 2 N–H and O–H groups in total. The van der Waals surface area contributed by atoms with Crippen LogP contribution in [0.15, 0.2) is 28.7 Å². The van der Waals surface area contributed by atoms with Gasteiger partial charge in [-0.15, -0.1) is 0 Å². The lowest BCUT2D eigenvalue weighted by Crippen LogP contribution is -3.00. The molecule has 1 unspecified atom stereocenters. The highest BCUT2D eigenvalue weighted by molar-refractivity contribution is 9.10. The second kappa shape index (κ2) is 7.26. The maximum atomic E-state index is 3.44. The van der Waals surface area contributed by atoms with Crippen molar-refractivity contribution in [3.63, 3.8) is 0 Å². The third kappa shape index (κ3) is 6.18. The first-order valence-corrected chi connectivity index (χ1v) is 5.96. The summed E-state index contributed by atoms with van der Waals surface area (Å²) in [5.41, 5.74) is 1.41. The minimum Gasteiger partial charge on any atom is -1.00 e. The standard InChI is InChI=1S/C12H18BrN.ClH/c1-9(2)14-10(3)8-11-4-6-12(13)7-5-11;/h4-7,9-10,14H,8H2,1-3H3;1H. The van der Waals surface area contributed by atoms with Gasteiger partial charge in [0.1, 0.15) is 0 Å². The summed E-state index contributed by atoms with van der Waals surface area (Å²) in [4.78, 5) is 0. The van der Waals surface area contributed by atoms with Gasteiger partial charge in [-0.1, -0.05) is 28.1 Å². The van der Waals surface area contributed by atoms with E-state index in [2.05, 4.69) is 66.3 Å². The van der Waals surface area contributed by atoms with Gasteiger partial charge in [-0.25, -0.2) is 0 Å². The van der Waals surface area contributed by atoms with E-state index in [1.807, 2.05) is 0 Å². The number of benzene rings is 1. The average molecular weight is 293 g/mol. The molecule has 1 nitrogen and oxygen atoms in total. The fraction of sp³-hybridized carbons (Fsp3) is 0.500. The van der Waals surface area contributed by atoms with E-state index >= 15 is 0 Å². The summed E-state index contributed by atoms with van der Waals surface area (Å²) in [6.07, 6.45) is 1.14. The first-order valence-electron chi connectivity index (χ1n) is 5.17. The zero-order valence-electron chi connectivity index (χ0n) is 9.50. The van der Waals surface area contributed by atoms with Gasteiger partial charge in [0.2, 0.25) is 0 Å². The predicted octanol–water partition coefficient (Wildman–Crippen LogP) is -0.644. The lowest BCUT2D eigenvalue weighted by Gasteiger charge is -2.13. The quantitative estimate of drug-likeness (QED) is 0.760. The van der Waals surface area contributed by atoms with Crippen LogP contribution >= 0.6 is 15.9 Å². The Morgan fingerprint density at radius 3 is 2.13 bits per heavy atom. The van der Waals surface area contributed by atoms with Gasteiger partial charge < -0.3 is 17.7 Å². The normalized spacial score (nSPS) is 12.3. The van der Waals surface area contributed by atoms with Crippen LogP contribution in [0.1, 0.15) is 26.3 Å². The van der Waals surface area contributed by atoms with E-state index < -0.39 is 0 Å². The molecule has 0 aliphatic rings. The highest BCUT2D eigenvalue weighted by atomic mass is 79.9. The van der Waals surface area contributed by atoms with Gasteiger partial charge in [-0.3, -0.25) is 0 Å². The Morgan fingerprint density at radius 2 is 1.67 bits per heavy atom. The number of hydrogen-bond donors (Lipinski definition) is 1. The lowest BCUT2D eigenvalue weighted by molar-refractivity contribution is -0.712. The smallest absolute Gasteiger partial charge is 0.0873 e. The van der Waals surface area contributed by atoms with Gasteiger partial charge in [0.15, 0.2) is 0 Å². The van der Waals surface area contributed by atoms with E-state index in [1.165, 1.54) is 5.56 Å². The molecule has 1 atom stereocenters. The molecule has 3 heteroatoms. The number of halogens is 2. The Labute approximate surface area is 107 Å². The van der Waals surface area contributed by atoms with Crippen molar-refractivity contribution in [1.29, 1.82) is 0 Å². The van der Waals surface area contributed by atoms with E-state index in [9.17, 15) is 0 Å². The fourth-order valence-corrected chi connectivity index (χ4v) is 1.98. The molecule has 0 heterocycles. The summed E-state index contributed by atoms with van der Waals surface area (Å²) >= 11 is 3.44. The van der Waals surface area contributed by atoms with E-state index in [1.54, 1.807) is 0 Å². The molecule has 0 bridgehead atoms. The number of quaternary nitrogens is 1. The van der Waals surface area contributed by atoms with Gasteiger partial charge >= 0.3 is 0 Å². The molecular weight excluding hydrogens is 273 g/mol. The lowest BCUT2D eigenvalue weighted by atomic mass is 10.1. The fourth-order valence-electron chi connectivity index (χ4n) is 1.72. The van der Waals surface area contributed by atoms with Crippen LogP contribution in [0, 0.1) is 0 Å². The van der Waals surface area contributed by atoms with Gasteiger partial charge in [0, 0.05) is 10.9 Å². The molecule has 0 amide bonds. The van der Waals surface area contributed by atoms with Crippen molar-refractivity contribution in [3.8, 4) is 0 Å². The maximum absolute atomic E-state index is 3.44. The van der Waals surface area contributed by atoms with Crippen LogP contribution in [0.4, 0.5) is 0 Å². The van der Waals surface area contributed by atoms with Crippen molar-refractivity contribution in [1.82, 2.24) is 0 Å². The molecule has 86 valence electrons. The molecule has 0 aromatic heterocycles. The summed E-state index contributed by atoms with van der Waals surface area (Å²) < 4.78 is 1.15. The van der Waals surface area contributed by atoms with Gasteiger partial charge in [0.05, 0.1) is 12.1 Å². The van der Waals surface area contributed by atoms with E-state index in [0.717, 1.165) is 10.9 Å². The maximum Gasteiger partial charge on any atom is 0.0873 e. The third-order valence-electron chi connectivity index (χ3n) is 2.18. The third-order valence-corrected chi connectivity index (χ3v) is 2.71.